The molecule has 0 aliphatic carbocycles. The van der Waals surface area contributed by atoms with Crippen LogP contribution in [-0.2, 0) is 19.1 Å². The summed E-state index contributed by atoms with van der Waals surface area (Å²) in [4.78, 5) is 49.1. The predicted molar refractivity (Wildman–Crippen MR) is 71.6 cm³/mol. The van der Waals surface area contributed by atoms with Crippen molar-refractivity contribution in [1.29, 1.82) is 0 Å². The van der Waals surface area contributed by atoms with Crippen LogP contribution >= 0.6 is 0 Å². The minimum atomic E-state index is -1.61. The molecule has 1 rings (SSSR count). The molecule has 8 nitrogen and oxygen atoms in total. The lowest BCUT2D eigenvalue weighted by Crippen LogP contribution is -2.49. The summed E-state index contributed by atoms with van der Waals surface area (Å²) in [5.74, 6) is -2.77. The summed E-state index contributed by atoms with van der Waals surface area (Å²) in [6.45, 7) is 3.20. The van der Waals surface area contributed by atoms with Gasteiger partial charge in [0.05, 0.1) is 13.2 Å². The Kier molecular flexibility index (Phi) is 6.12. The highest BCUT2D eigenvalue weighted by atomic mass is 16.6. The van der Waals surface area contributed by atoms with Crippen molar-refractivity contribution in [1.82, 2.24) is 10.3 Å². The first kappa shape index (κ1) is 16.4. The second-order valence-corrected chi connectivity index (χ2v) is 3.82. The Bertz CT molecular complexity index is 562. The number of carbonyl (C=O) groups excluding carboxylic acids is 3. The van der Waals surface area contributed by atoms with Crippen molar-refractivity contribution < 1.29 is 23.9 Å². The number of esters is 2. The van der Waals surface area contributed by atoms with Crippen LogP contribution in [0.2, 0.25) is 0 Å². The molecular formula is C13H16N2O6. The van der Waals surface area contributed by atoms with Gasteiger partial charge < -0.3 is 19.8 Å². The summed E-state index contributed by atoms with van der Waals surface area (Å²) in [5, 5.41) is 2.14. The summed E-state index contributed by atoms with van der Waals surface area (Å²) in [5.41, 5.74) is -0.863. The van der Waals surface area contributed by atoms with Gasteiger partial charge >= 0.3 is 11.9 Å². The number of amides is 1. The Morgan fingerprint density at radius 1 is 1.19 bits per heavy atom. The van der Waals surface area contributed by atoms with Gasteiger partial charge in [0, 0.05) is 6.20 Å². The van der Waals surface area contributed by atoms with Gasteiger partial charge in [0.25, 0.3) is 11.5 Å². The summed E-state index contributed by atoms with van der Waals surface area (Å²) < 4.78 is 9.40. The Morgan fingerprint density at radius 3 is 2.24 bits per heavy atom. The van der Waals surface area contributed by atoms with Crippen LogP contribution in [0.25, 0.3) is 0 Å². The van der Waals surface area contributed by atoms with Crippen LogP contribution in [-0.4, -0.2) is 42.1 Å². The third kappa shape index (κ3) is 4.44. The van der Waals surface area contributed by atoms with Crippen molar-refractivity contribution in [2.24, 2.45) is 0 Å². The Labute approximate surface area is 120 Å². The maximum atomic E-state index is 11.9. The molecule has 0 unspecified atom stereocenters. The molecule has 0 aromatic carbocycles. The van der Waals surface area contributed by atoms with Crippen molar-refractivity contribution in [2.75, 3.05) is 13.2 Å². The number of carbonyl (C=O) groups is 3. The zero-order valence-electron chi connectivity index (χ0n) is 11.7. The number of H-pyrrole nitrogens is 1. The van der Waals surface area contributed by atoms with Crippen LogP contribution in [0.4, 0.5) is 0 Å². The predicted octanol–water partition coefficient (Wildman–Crippen LogP) is -0.400. The van der Waals surface area contributed by atoms with E-state index in [4.69, 9.17) is 9.47 Å². The molecule has 0 radical (unpaired) electrons. The highest BCUT2D eigenvalue weighted by molar-refractivity contribution is 6.05. The van der Waals surface area contributed by atoms with Crippen LogP contribution in [0.3, 0.4) is 0 Å². The summed E-state index contributed by atoms with van der Waals surface area (Å²) in [7, 11) is 0. The fraction of sp³-hybridized carbons (Fsp3) is 0.385. The summed E-state index contributed by atoms with van der Waals surface area (Å²) >= 11 is 0. The van der Waals surface area contributed by atoms with Crippen molar-refractivity contribution in [2.45, 2.75) is 19.9 Å². The SMILES string of the molecule is CCOC(=O)C(NC(=O)c1ccc[nH]c1=O)C(=O)OCC. The van der Waals surface area contributed by atoms with Crippen LogP contribution in [0, 0.1) is 0 Å². The molecular weight excluding hydrogens is 280 g/mol. The van der Waals surface area contributed by atoms with Gasteiger partial charge in [-0.05, 0) is 26.0 Å². The average Bonchev–Trinajstić information content (AvgIpc) is 2.45. The van der Waals surface area contributed by atoms with E-state index in [9.17, 15) is 19.2 Å². The van der Waals surface area contributed by atoms with Crippen LogP contribution in [0.15, 0.2) is 23.1 Å². The molecule has 0 saturated heterocycles. The van der Waals surface area contributed by atoms with Gasteiger partial charge in [0.2, 0.25) is 6.04 Å². The smallest absolute Gasteiger partial charge is 0.340 e. The Morgan fingerprint density at radius 2 is 1.76 bits per heavy atom. The van der Waals surface area contributed by atoms with E-state index >= 15 is 0 Å². The maximum Gasteiger partial charge on any atom is 0.340 e. The quantitative estimate of drug-likeness (QED) is 0.545. The van der Waals surface area contributed by atoms with E-state index in [-0.39, 0.29) is 18.8 Å². The molecule has 0 saturated carbocycles. The van der Waals surface area contributed by atoms with Gasteiger partial charge in [-0.25, -0.2) is 9.59 Å². The molecule has 21 heavy (non-hydrogen) atoms. The Balaban J connectivity index is 2.93. The van der Waals surface area contributed by atoms with E-state index in [1.54, 1.807) is 13.8 Å². The molecule has 114 valence electrons. The van der Waals surface area contributed by atoms with E-state index < -0.39 is 29.4 Å². The molecule has 1 aromatic rings. The molecule has 8 heteroatoms. The van der Waals surface area contributed by atoms with E-state index in [0.29, 0.717) is 0 Å². The number of aromatic nitrogens is 1. The lowest BCUT2D eigenvalue weighted by Gasteiger charge is -2.15. The van der Waals surface area contributed by atoms with Gasteiger partial charge in [-0.2, -0.15) is 0 Å². The zero-order valence-corrected chi connectivity index (χ0v) is 11.7. The molecule has 0 aliphatic rings. The molecule has 1 heterocycles. The average molecular weight is 296 g/mol. The number of ether oxygens (including phenoxy) is 2. The largest absolute Gasteiger partial charge is 0.464 e. The molecule has 1 aromatic heterocycles. The number of nitrogens with one attached hydrogen (secondary N) is 2. The fourth-order valence-electron chi connectivity index (χ4n) is 1.47. The van der Waals surface area contributed by atoms with E-state index in [1.807, 2.05) is 0 Å². The molecule has 2 N–H and O–H groups in total. The van der Waals surface area contributed by atoms with Crippen molar-refractivity contribution in [3.63, 3.8) is 0 Å². The fourth-order valence-corrected chi connectivity index (χ4v) is 1.47. The molecule has 0 bridgehead atoms. The molecule has 1 amide bonds. The monoisotopic (exact) mass is 296 g/mol. The standard InChI is InChI=1S/C13H16N2O6/c1-3-20-12(18)9(13(19)21-4-2)15-11(17)8-6-5-7-14-10(8)16/h5-7,9H,3-4H2,1-2H3,(H,14,16)(H,15,17). The van der Waals surface area contributed by atoms with Gasteiger partial charge in [-0.15, -0.1) is 0 Å². The normalized spacial score (nSPS) is 10.0. The number of hydrogen-bond acceptors (Lipinski definition) is 6. The van der Waals surface area contributed by atoms with Crippen molar-refractivity contribution in [3.05, 3.63) is 34.2 Å². The second kappa shape index (κ2) is 7.83. The van der Waals surface area contributed by atoms with Gasteiger partial charge in [-0.1, -0.05) is 0 Å². The number of aromatic amines is 1. The molecule has 0 aliphatic heterocycles. The van der Waals surface area contributed by atoms with Crippen LogP contribution in [0.5, 0.6) is 0 Å². The van der Waals surface area contributed by atoms with Crippen molar-refractivity contribution in [3.8, 4) is 0 Å². The summed E-state index contributed by atoms with van der Waals surface area (Å²) in [6.07, 6.45) is 1.35. The molecule has 0 fully saturated rings. The maximum absolute atomic E-state index is 11.9. The number of hydrogen-bond donors (Lipinski definition) is 2. The Hall–Kier alpha value is -2.64. The highest BCUT2D eigenvalue weighted by Gasteiger charge is 2.32. The number of pyridine rings is 1. The minimum Gasteiger partial charge on any atom is -0.464 e. The molecule has 0 spiro atoms. The lowest BCUT2D eigenvalue weighted by molar-refractivity contribution is -0.157. The lowest BCUT2D eigenvalue weighted by atomic mass is 10.2. The second-order valence-electron chi connectivity index (χ2n) is 3.82. The zero-order chi connectivity index (χ0) is 15.8. The van der Waals surface area contributed by atoms with Gasteiger partial charge in [0.1, 0.15) is 5.56 Å². The first-order valence-electron chi connectivity index (χ1n) is 6.33. The van der Waals surface area contributed by atoms with E-state index in [1.165, 1.54) is 18.3 Å². The van der Waals surface area contributed by atoms with Crippen LogP contribution < -0.4 is 10.9 Å². The van der Waals surface area contributed by atoms with Crippen molar-refractivity contribution >= 4 is 17.8 Å². The minimum absolute atomic E-state index is 0.0382. The third-order valence-corrected chi connectivity index (χ3v) is 2.38. The van der Waals surface area contributed by atoms with E-state index in [0.717, 1.165) is 0 Å². The first-order chi connectivity index (χ1) is 10.0. The highest BCUT2D eigenvalue weighted by Crippen LogP contribution is 1.98. The summed E-state index contributed by atoms with van der Waals surface area (Å²) in [6, 6.07) is 1.10. The van der Waals surface area contributed by atoms with E-state index in [2.05, 4.69) is 10.3 Å². The van der Waals surface area contributed by atoms with Crippen LogP contribution in [0.1, 0.15) is 24.2 Å². The topological polar surface area (TPSA) is 115 Å². The molecule has 0 atom stereocenters. The number of rotatable bonds is 6. The van der Waals surface area contributed by atoms with Gasteiger partial charge in [0.15, 0.2) is 0 Å². The van der Waals surface area contributed by atoms with Gasteiger partial charge in [-0.3, -0.25) is 9.59 Å². The first-order valence-corrected chi connectivity index (χ1v) is 6.33. The third-order valence-electron chi connectivity index (χ3n) is 2.38.